The highest BCUT2D eigenvalue weighted by atomic mass is 16.5. The van der Waals surface area contributed by atoms with Crippen molar-refractivity contribution in [2.24, 2.45) is 5.92 Å². The quantitative estimate of drug-likeness (QED) is 0.934. The van der Waals surface area contributed by atoms with Crippen LogP contribution in [-0.2, 0) is 13.1 Å². The fourth-order valence-electron chi connectivity index (χ4n) is 3.63. The van der Waals surface area contributed by atoms with Crippen molar-refractivity contribution in [3.8, 4) is 11.5 Å². The van der Waals surface area contributed by atoms with Gasteiger partial charge in [-0.3, -0.25) is 0 Å². The molecule has 1 aromatic carbocycles. The molecule has 1 aliphatic carbocycles. The predicted octanol–water partition coefficient (Wildman–Crippen LogP) is 3.63. The summed E-state index contributed by atoms with van der Waals surface area (Å²) in [4.78, 5) is 4.66. The van der Waals surface area contributed by atoms with Crippen LogP contribution >= 0.6 is 0 Å². The molecule has 0 bridgehead atoms. The third kappa shape index (κ3) is 2.38. The summed E-state index contributed by atoms with van der Waals surface area (Å²) in [5.74, 6) is 2.89. The van der Waals surface area contributed by atoms with E-state index in [9.17, 15) is 0 Å². The minimum Gasteiger partial charge on any atom is -0.334 e. The van der Waals surface area contributed by atoms with Gasteiger partial charge in [-0.15, -0.1) is 0 Å². The molecule has 0 spiro atoms. The molecule has 2 aliphatic rings. The van der Waals surface area contributed by atoms with Gasteiger partial charge in [0.1, 0.15) is 0 Å². The van der Waals surface area contributed by atoms with Gasteiger partial charge in [0.05, 0.1) is 0 Å². The van der Waals surface area contributed by atoms with E-state index >= 15 is 0 Å². The monoisotopic (exact) mass is 283 g/mol. The molecule has 21 heavy (non-hydrogen) atoms. The fraction of sp³-hybridized carbons (Fsp3) is 0.529. The number of hydrogen-bond acceptors (Lipinski definition) is 4. The Morgan fingerprint density at radius 1 is 1.24 bits per heavy atom. The maximum atomic E-state index is 5.51. The highest BCUT2D eigenvalue weighted by Gasteiger charge is 2.28. The van der Waals surface area contributed by atoms with E-state index in [1.54, 1.807) is 0 Å². The lowest BCUT2D eigenvalue weighted by Gasteiger charge is -2.04. The molecule has 1 N–H and O–H groups in total. The predicted molar refractivity (Wildman–Crippen MR) is 80.7 cm³/mol. The van der Waals surface area contributed by atoms with Crippen LogP contribution in [-0.4, -0.2) is 10.1 Å². The average Bonchev–Trinajstić information content (AvgIpc) is 3.24. The van der Waals surface area contributed by atoms with E-state index in [4.69, 9.17) is 4.52 Å². The molecule has 1 saturated carbocycles. The molecule has 1 aromatic heterocycles. The van der Waals surface area contributed by atoms with Crippen LogP contribution in [0.2, 0.25) is 0 Å². The van der Waals surface area contributed by atoms with Crippen molar-refractivity contribution in [1.82, 2.24) is 15.5 Å². The van der Waals surface area contributed by atoms with Crippen LogP contribution in [0.5, 0.6) is 0 Å². The van der Waals surface area contributed by atoms with Gasteiger partial charge >= 0.3 is 0 Å². The molecule has 4 rings (SSSR count). The Morgan fingerprint density at radius 2 is 2.14 bits per heavy atom. The van der Waals surface area contributed by atoms with Crippen molar-refractivity contribution < 1.29 is 4.52 Å². The molecule has 2 aromatic rings. The first-order chi connectivity index (χ1) is 10.3. The second-order valence-electron chi connectivity index (χ2n) is 6.33. The second-order valence-corrected chi connectivity index (χ2v) is 6.33. The lowest BCUT2D eigenvalue weighted by molar-refractivity contribution is 0.413. The Labute approximate surface area is 124 Å². The van der Waals surface area contributed by atoms with E-state index in [0.717, 1.165) is 30.4 Å². The molecule has 0 saturated heterocycles. The number of nitrogens with zero attached hydrogens (tertiary/aromatic N) is 2. The first-order valence-corrected chi connectivity index (χ1v) is 8.00. The van der Waals surface area contributed by atoms with E-state index in [2.05, 4.69) is 40.6 Å². The molecule has 2 atom stereocenters. The topological polar surface area (TPSA) is 51.0 Å². The van der Waals surface area contributed by atoms with Crippen molar-refractivity contribution in [3.63, 3.8) is 0 Å². The summed E-state index contributed by atoms with van der Waals surface area (Å²) in [6.45, 7) is 4.17. The summed E-state index contributed by atoms with van der Waals surface area (Å²) in [7, 11) is 0. The van der Waals surface area contributed by atoms with Gasteiger partial charge in [0.2, 0.25) is 0 Å². The number of aromatic nitrogens is 2. The van der Waals surface area contributed by atoms with E-state index in [1.807, 2.05) is 0 Å². The van der Waals surface area contributed by atoms with Crippen LogP contribution in [0.15, 0.2) is 22.7 Å². The highest BCUT2D eigenvalue weighted by molar-refractivity contribution is 5.56. The van der Waals surface area contributed by atoms with E-state index in [1.165, 1.54) is 36.8 Å². The second kappa shape index (κ2) is 5.26. The van der Waals surface area contributed by atoms with Crippen molar-refractivity contribution in [2.45, 2.75) is 51.6 Å². The minimum atomic E-state index is 0.489. The molecule has 4 nitrogen and oxygen atoms in total. The number of benzene rings is 1. The standard InChI is InChI=1S/C17H21N3O/c1-2-11-3-4-12(7-11)16-19-17(21-20-16)13-5-6-14-9-18-10-15(14)8-13/h5-6,8,11-12,18H,2-4,7,9-10H2,1H3. The third-order valence-electron chi connectivity index (χ3n) is 5.01. The van der Waals surface area contributed by atoms with Crippen LogP contribution in [0.1, 0.15) is 55.5 Å². The summed E-state index contributed by atoms with van der Waals surface area (Å²) in [5.41, 5.74) is 3.76. The molecule has 110 valence electrons. The van der Waals surface area contributed by atoms with E-state index in [0.29, 0.717) is 11.8 Å². The lowest BCUT2D eigenvalue weighted by Crippen LogP contribution is -1.99. The Bertz CT molecular complexity index is 649. The highest BCUT2D eigenvalue weighted by Crippen LogP contribution is 2.39. The van der Waals surface area contributed by atoms with Gasteiger partial charge in [-0.1, -0.05) is 24.6 Å². The molecule has 4 heteroatoms. The van der Waals surface area contributed by atoms with Crippen molar-refractivity contribution in [3.05, 3.63) is 35.2 Å². The molecular weight excluding hydrogens is 262 g/mol. The first-order valence-electron chi connectivity index (χ1n) is 8.00. The van der Waals surface area contributed by atoms with Gasteiger partial charge in [0.15, 0.2) is 5.82 Å². The van der Waals surface area contributed by atoms with Gasteiger partial charge < -0.3 is 9.84 Å². The van der Waals surface area contributed by atoms with E-state index < -0.39 is 0 Å². The zero-order chi connectivity index (χ0) is 14.2. The van der Waals surface area contributed by atoms with Crippen LogP contribution in [0, 0.1) is 5.92 Å². The summed E-state index contributed by atoms with van der Waals surface area (Å²) >= 11 is 0. The maximum Gasteiger partial charge on any atom is 0.257 e. The average molecular weight is 283 g/mol. The summed E-state index contributed by atoms with van der Waals surface area (Å²) in [6.07, 6.45) is 4.98. The van der Waals surface area contributed by atoms with Crippen molar-refractivity contribution in [2.75, 3.05) is 0 Å². The Balaban J connectivity index is 1.57. The maximum absolute atomic E-state index is 5.51. The Kier molecular flexibility index (Phi) is 3.26. The first kappa shape index (κ1) is 13.0. The van der Waals surface area contributed by atoms with Gasteiger partial charge in [-0.2, -0.15) is 4.98 Å². The summed E-state index contributed by atoms with van der Waals surface area (Å²) in [6, 6.07) is 6.43. The number of fused-ring (bicyclic) bond motifs is 1. The Hall–Kier alpha value is -1.68. The number of rotatable bonds is 3. The van der Waals surface area contributed by atoms with Gasteiger partial charge in [-0.05, 0) is 48.4 Å². The number of nitrogens with one attached hydrogen (secondary N) is 1. The molecule has 1 aliphatic heterocycles. The van der Waals surface area contributed by atoms with Crippen LogP contribution in [0.3, 0.4) is 0 Å². The van der Waals surface area contributed by atoms with Crippen LogP contribution in [0.4, 0.5) is 0 Å². The van der Waals surface area contributed by atoms with Crippen LogP contribution in [0.25, 0.3) is 11.5 Å². The summed E-state index contributed by atoms with van der Waals surface area (Å²) in [5, 5.41) is 7.60. The number of hydrogen-bond donors (Lipinski definition) is 1. The largest absolute Gasteiger partial charge is 0.334 e. The minimum absolute atomic E-state index is 0.489. The molecule has 1 fully saturated rings. The molecule has 0 amide bonds. The third-order valence-corrected chi connectivity index (χ3v) is 5.01. The smallest absolute Gasteiger partial charge is 0.257 e. The summed E-state index contributed by atoms with van der Waals surface area (Å²) < 4.78 is 5.51. The van der Waals surface area contributed by atoms with Gasteiger partial charge in [-0.25, -0.2) is 0 Å². The van der Waals surface area contributed by atoms with Crippen LogP contribution < -0.4 is 5.32 Å². The van der Waals surface area contributed by atoms with E-state index in [-0.39, 0.29) is 0 Å². The zero-order valence-electron chi connectivity index (χ0n) is 12.4. The normalized spacial score (nSPS) is 24.4. The fourth-order valence-corrected chi connectivity index (χ4v) is 3.63. The van der Waals surface area contributed by atoms with Crippen molar-refractivity contribution in [1.29, 1.82) is 0 Å². The van der Waals surface area contributed by atoms with Gasteiger partial charge in [0.25, 0.3) is 5.89 Å². The lowest BCUT2D eigenvalue weighted by atomic mass is 10.0. The SMILES string of the molecule is CCC1CCC(c2noc(-c3ccc4c(c3)CNC4)n2)C1. The van der Waals surface area contributed by atoms with Gasteiger partial charge in [0, 0.05) is 24.6 Å². The molecule has 0 radical (unpaired) electrons. The Morgan fingerprint density at radius 3 is 3.00 bits per heavy atom. The molecular formula is C17H21N3O. The van der Waals surface area contributed by atoms with Crippen molar-refractivity contribution >= 4 is 0 Å². The molecule has 2 heterocycles. The molecule has 2 unspecified atom stereocenters. The zero-order valence-corrected chi connectivity index (χ0v) is 12.4.